The van der Waals surface area contributed by atoms with Crippen molar-refractivity contribution >= 4 is 5.91 Å². The molecule has 1 radical (unpaired) electrons. The fraction of sp³-hybridized carbons (Fsp3) is 0.375. The summed E-state index contributed by atoms with van der Waals surface area (Å²) >= 11 is 0. The largest absolute Gasteiger partial charge is 0.344 e. The van der Waals surface area contributed by atoms with E-state index in [1.54, 1.807) is 17.0 Å². The first kappa shape index (κ1) is 18.7. The monoisotopic (exact) mass is 378 g/mol. The summed E-state index contributed by atoms with van der Waals surface area (Å²) in [5.74, 6) is 2.67. The van der Waals surface area contributed by atoms with Gasteiger partial charge in [0.2, 0.25) is 0 Å². The molecular formula is C24H25FNO2. The van der Waals surface area contributed by atoms with Crippen molar-refractivity contribution in [3.8, 4) is 12.3 Å². The van der Waals surface area contributed by atoms with Crippen molar-refractivity contribution in [1.82, 2.24) is 4.90 Å². The zero-order valence-corrected chi connectivity index (χ0v) is 16.0. The summed E-state index contributed by atoms with van der Waals surface area (Å²) in [4.78, 5) is 15.1. The Morgan fingerprint density at radius 1 is 1.25 bits per heavy atom. The molecule has 4 heteroatoms. The molecule has 3 atom stereocenters. The molecule has 1 amide bonds. The van der Waals surface area contributed by atoms with Crippen LogP contribution in [0, 0.1) is 24.1 Å². The highest BCUT2D eigenvalue weighted by Gasteiger charge is 2.53. The smallest absolute Gasteiger partial charge is 0.257 e. The number of hydrogen-bond acceptors (Lipinski definition) is 2. The van der Waals surface area contributed by atoms with Crippen LogP contribution in [0.3, 0.4) is 0 Å². The van der Waals surface area contributed by atoms with Crippen LogP contribution in [0.5, 0.6) is 0 Å². The third-order valence-corrected chi connectivity index (χ3v) is 5.79. The minimum absolute atomic E-state index is 0. The Hall–Kier alpha value is -2.64. The van der Waals surface area contributed by atoms with Crippen molar-refractivity contribution in [2.45, 2.75) is 44.4 Å². The molecular weight excluding hydrogens is 353 g/mol. The molecule has 0 saturated heterocycles. The summed E-state index contributed by atoms with van der Waals surface area (Å²) in [6, 6.07) is 13.9. The average molecular weight is 378 g/mol. The lowest BCUT2D eigenvalue weighted by molar-refractivity contribution is -0.143. The summed E-state index contributed by atoms with van der Waals surface area (Å²) in [5.41, 5.74) is 1.19. The van der Waals surface area contributed by atoms with Gasteiger partial charge in [-0.2, -0.15) is 0 Å². The van der Waals surface area contributed by atoms with Gasteiger partial charge in [0.1, 0.15) is 5.82 Å². The summed E-state index contributed by atoms with van der Waals surface area (Å²) < 4.78 is 20.4. The zero-order chi connectivity index (χ0) is 19.7. The first-order valence-electron chi connectivity index (χ1n) is 9.91. The van der Waals surface area contributed by atoms with Gasteiger partial charge in [-0.05, 0) is 43.9 Å². The summed E-state index contributed by atoms with van der Waals surface area (Å²) in [6.07, 6.45) is 8.92. The molecule has 1 fully saturated rings. The minimum atomic E-state index is -1.05. The predicted octanol–water partition coefficient (Wildman–Crippen LogP) is 4.82. The summed E-state index contributed by atoms with van der Waals surface area (Å²) in [7, 11) is 0. The van der Waals surface area contributed by atoms with Gasteiger partial charge in [-0.3, -0.25) is 4.79 Å². The van der Waals surface area contributed by atoms with E-state index in [9.17, 15) is 9.18 Å². The van der Waals surface area contributed by atoms with Crippen molar-refractivity contribution in [3.05, 3.63) is 71.0 Å². The van der Waals surface area contributed by atoms with Crippen molar-refractivity contribution in [2.24, 2.45) is 5.92 Å². The number of carbonyl (C=O) groups excluding carboxylic acids is 1. The topological polar surface area (TPSA) is 29.5 Å². The fourth-order valence-electron chi connectivity index (χ4n) is 4.50. The highest BCUT2D eigenvalue weighted by Crippen LogP contribution is 2.47. The molecule has 4 rings (SSSR count). The van der Waals surface area contributed by atoms with E-state index in [-0.39, 0.29) is 25.2 Å². The number of hydrogen-bond donors (Lipinski definition) is 0. The molecule has 1 saturated carbocycles. The third-order valence-electron chi connectivity index (χ3n) is 5.79. The van der Waals surface area contributed by atoms with E-state index in [4.69, 9.17) is 11.2 Å². The van der Waals surface area contributed by atoms with E-state index in [0.29, 0.717) is 12.1 Å². The van der Waals surface area contributed by atoms with Crippen LogP contribution in [0.1, 0.15) is 55.5 Å². The number of carbonyl (C=O) groups is 1. The normalized spacial score (nSPS) is 26.3. The van der Waals surface area contributed by atoms with Crippen molar-refractivity contribution in [3.63, 3.8) is 0 Å². The Balaban J connectivity index is 0.00000240. The highest BCUT2D eigenvalue weighted by molar-refractivity contribution is 6.00. The van der Waals surface area contributed by atoms with Gasteiger partial charge in [0.25, 0.3) is 5.91 Å². The molecule has 0 aromatic heterocycles. The second-order valence-corrected chi connectivity index (χ2v) is 7.57. The van der Waals surface area contributed by atoms with Gasteiger partial charge in [-0.1, -0.05) is 37.3 Å². The second-order valence-electron chi connectivity index (χ2n) is 7.57. The third kappa shape index (κ3) is 2.91. The van der Waals surface area contributed by atoms with Crippen LogP contribution in [0.4, 0.5) is 4.39 Å². The van der Waals surface area contributed by atoms with Gasteiger partial charge in [0.05, 0.1) is 6.10 Å². The van der Waals surface area contributed by atoms with Crippen LogP contribution in [0.15, 0.2) is 48.5 Å². The second kappa shape index (κ2) is 7.41. The van der Waals surface area contributed by atoms with E-state index in [0.717, 1.165) is 36.8 Å². The first-order chi connectivity index (χ1) is 13.6. The quantitative estimate of drug-likeness (QED) is 0.698. The Morgan fingerprint density at radius 3 is 2.68 bits per heavy atom. The molecule has 2 aromatic rings. The molecule has 1 heterocycles. The molecule has 0 N–H and O–H groups in total. The number of fused-ring (bicyclic) bond motifs is 1. The van der Waals surface area contributed by atoms with E-state index >= 15 is 0 Å². The standard InChI is InChI=1S/C24H24FNO2.H/c1-3-15-26-23(27)21-7-5-6-8-22(21)24(26,18-10-12-19(25)13-11-18)28-20-14-9-17(4-2)16-20;/h2,5-8,10-13,17,20H,3,9,14-16H2,1H3;. The van der Waals surface area contributed by atoms with Crippen molar-refractivity contribution in [2.75, 3.05) is 6.54 Å². The van der Waals surface area contributed by atoms with Gasteiger partial charge >= 0.3 is 0 Å². The van der Waals surface area contributed by atoms with Crippen LogP contribution in [0.25, 0.3) is 0 Å². The van der Waals surface area contributed by atoms with Gasteiger partial charge < -0.3 is 9.64 Å². The molecule has 1 aliphatic carbocycles. The average Bonchev–Trinajstić information content (AvgIpc) is 3.26. The maximum Gasteiger partial charge on any atom is 0.257 e. The number of terminal acetylenes is 1. The number of amides is 1. The Morgan fingerprint density at radius 2 is 2.00 bits per heavy atom. The first-order valence-corrected chi connectivity index (χ1v) is 9.91. The molecule has 1 aliphatic heterocycles. The summed E-state index contributed by atoms with van der Waals surface area (Å²) in [6.45, 7) is 2.59. The Labute approximate surface area is 167 Å². The zero-order valence-electron chi connectivity index (χ0n) is 17.0. The van der Waals surface area contributed by atoms with Crippen LogP contribution in [-0.4, -0.2) is 23.5 Å². The van der Waals surface area contributed by atoms with Gasteiger partial charge in [-0.25, -0.2) is 4.39 Å². The SMILES string of the molecule is C#CC1CCC(OC2(c3ccc(F)cc3)c3ccccc3C(=O)N2CCC)C1.[H]. The number of halogens is 1. The number of ether oxygens (including phenoxy) is 1. The van der Waals surface area contributed by atoms with Gasteiger partial charge in [0.15, 0.2) is 5.72 Å². The van der Waals surface area contributed by atoms with Crippen LogP contribution >= 0.6 is 0 Å². The lowest BCUT2D eigenvalue weighted by Gasteiger charge is -2.41. The van der Waals surface area contributed by atoms with Crippen LogP contribution < -0.4 is 0 Å². The Bertz CT molecular complexity index is 923. The minimum Gasteiger partial charge on any atom is -0.344 e. The Kier molecular flexibility index (Phi) is 4.95. The van der Waals surface area contributed by atoms with Crippen molar-refractivity contribution < 1.29 is 15.3 Å². The fourth-order valence-corrected chi connectivity index (χ4v) is 4.50. The van der Waals surface area contributed by atoms with Gasteiger partial charge in [-0.15, -0.1) is 12.3 Å². The lowest BCUT2D eigenvalue weighted by Crippen LogP contribution is -2.49. The molecule has 28 heavy (non-hydrogen) atoms. The summed E-state index contributed by atoms with van der Waals surface area (Å²) in [5, 5.41) is 0. The van der Waals surface area contributed by atoms with Crippen LogP contribution in [0.2, 0.25) is 0 Å². The molecule has 3 unspecified atom stereocenters. The van der Waals surface area contributed by atoms with Crippen molar-refractivity contribution in [1.29, 1.82) is 0 Å². The molecule has 2 aliphatic rings. The van der Waals surface area contributed by atoms with E-state index in [1.165, 1.54) is 12.1 Å². The highest BCUT2D eigenvalue weighted by atomic mass is 19.1. The number of nitrogens with zero attached hydrogens (tertiary/aromatic N) is 1. The predicted molar refractivity (Wildman–Crippen MR) is 107 cm³/mol. The molecule has 145 valence electrons. The number of rotatable bonds is 5. The molecule has 0 spiro atoms. The van der Waals surface area contributed by atoms with E-state index in [1.807, 2.05) is 31.2 Å². The molecule has 2 aromatic carbocycles. The molecule has 3 nitrogen and oxygen atoms in total. The van der Waals surface area contributed by atoms with E-state index in [2.05, 4.69) is 5.92 Å². The number of benzene rings is 2. The van der Waals surface area contributed by atoms with Crippen LogP contribution in [-0.2, 0) is 10.5 Å². The lowest BCUT2D eigenvalue weighted by atomic mass is 9.93. The maximum absolute atomic E-state index is 13.7. The maximum atomic E-state index is 13.7. The molecule has 0 bridgehead atoms. The van der Waals surface area contributed by atoms with E-state index < -0.39 is 5.72 Å². The van der Waals surface area contributed by atoms with Gasteiger partial charge in [0, 0.05) is 30.6 Å².